The number of carboxylic acids is 1. The van der Waals surface area contributed by atoms with E-state index in [1.54, 1.807) is 34.1 Å². The van der Waals surface area contributed by atoms with Gasteiger partial charge in [0.2, 0.25) is 0 Å². The molecule has 3 aliphatic rings. The van der Waals surface area contributed by atoms with E-state index >= 15 is 0 Å². The summed E-state index contributed by atoms with van der Waals surface area (Å²) in [7, 11) is 7.23. The Bertz CT molecular complexity index is 2150. The summed E-state index contributed by atoms with van der Waals surface area (Å²) < 4.78 is 8.07. The number of aliphatic hydroxyl groups is 1. The molecular formula is C40H57Br2N11O6. The van der Waals surface area contributed by atoms with E-state index in [-0.39, 0.29) is 30.0 Å². The van der Waals surface area contributed by atoms with Gasteiger partial charge in [-0.25, -0.2) is 4.79 Å². The molecule has 0 saturated carbocycles. The SMILES string of the molecule is C=Cc1c(C(=O)N2CCCC2)nn(C)c1C.Cc1c(Br)c(C(=O)N2CCCC2)nn1C.Cc1c(Br)c(C(=O)O)nn1C.Cc1c(CCO)c(C(=O)N2CCCC2)nn1C. The van der Waals surface area contributed by atoms with Gasteiger partial charge in [0.15, 0.2) is 22.8 Å². The van der Waals surface area contributed by atoms with Crippen LogP contribution in [-0.2, 0) is 34.6 Å². The van der Waals surface area contributed by atoms with Crippen LogP contribution in [0.1, 0.15) is 114 Å². The summed E-state index contributed by atoms with van der Waals surface area (Å²) in [5.41, 5.74) is 7.13. The number of halogens is 2. The lowest BCUT2D eigenvalue weighted by Crippen LogP contribution is -2.29. The van der Waals surface area contributed by atoms with Crippen molar-refractivity contribution < 1.29 is 29.4 Å². The highest BCUT2D eigenvalue weighted by atomic mass is 79.9. The molecule has 0 bridgehead atoms. The Morgan fingerprint density at radius 3 is 1.27 bits per heavy atom. The van der Waals surface area contributed by atoms with Crippen LogP contribution in [0.25, 0.3) is 6.08 Å². The van der Waals surface area contributed by atoms with E-state index in [1.165, 1.54) is 4.68 Å². The van der Waals surface area contributed by atoms with Crippen molar-refractivity contribution in [1.29, 1.82) is 0 Å². The molecule has 4 aromatic rings. The highest BCUT2D eigenvalue weighted by molar-refractivity contribution is 9.11. The van der Waals surface area contributed by atoms with Gasteiger partial charge in [-0.2, -0.15) is 20.4 Å². The number of carboxylic acid groups (broad SMARTS) is 1. The van der Waals surface area contributed by atoms with Crippen LogP contribution in [0.3, 0.4) is 0 Å². The third-order valence-electron chi connectivity index (χ3n) is 10.9. The number of likely N-dealkylation sites (tertiary alicyclic amines) is 3. The van der Waals surface area contributed by atoms with Gasteiger partial charge < -0.3 is 24.9 Å². The lowest BCUT2D eigenvalue weighted by Gasteiger charge is -2.14. The summed E-state index contributed by atoms with van der Waals surface area (Å²) in [4.78, 5) is 52.6. The molecule has 3 amide bonds. The first-order valence-corrected chi connectivity index (χ1v) is 21.3. The van der Waals surface area contributed by atoms with E-state index in [9.17, 15) is 19.2 Å². The number of amides is 3. The van der Waals surface area contributed by atoms with Crippen LogP contribution in [0.15, 0.2) is 15.5 Å². The number of nitrogens with zero attached hydrogens (tertiary/aromatic N) is 11. The summed E-state index contributed by atoms with van der Waals surface area (Å²) in [5.74, 6) is -0.922. The lowest BCUT2D eigenvalue weighted by molar-refractivity contribution is 0.0686. The van der Waals surface area contributed by atoms with E-state index in [1.807, 2.05) is 56.6 Å². The van der Waals surface area contributed by atoms with Crippen LogP contribution in [0.2, 0.25) is 0 Å². The quantitative estimate of drug-likeness (QED) is 0.255. The molecule has 3 saturated heterocycles. The Morgan fingerprint density at radius 2 is 0.915 bits per heavy atom. The zero-order chi connectivity index (χ0) is 43.7. The van der Waals surface area contributed by atoms with Gasteiger partial charge in [0.25, 0.3) is 17.7 Å². The largest absolute Gasteiger partial charge is 0.476 e. The average Bonchev–Trinajstić information content (AvgIpc) is 4.10. The van der Waals surface area contributed by atoms with Gasteiger partial charge in [0, 0.05) is 96.6 Å². The monoisotopic (exact) mass is 945 g/mol. The normalized spacial score (nSPS) is 14.7. The molecule has 17 nitrogen and oxygen atoms in total. The topological polar surface area (TPSA) is 190 Å². The molecule has 59 heavy (non-hydrogen) atoms. The molecule has 7 rings (SSSR count). The fraction of sp³-hybridized carbons (Fsp3) is 0.550. The molecule has 19 heteroatoms. The smallest absolute Gasteiger partial charge is 0.357 e. The summed E-state index contributed by atoms with van der Waals surface area (Å²) in [6.45, 7) is 16.5. The number of hydrogen-bond acceptors (Lipinski definition) is 9. The molecular weight excluding hydrogens is 890 g/mol. The third kappa shape index (κ3) is 11.0. The van der Waals surface area contributed by atoms with Crippen LogP contribution in [0.5, 0.6) is 0 Å². The van der Waals surface area contributed by atoms with Gasteiger partial charge in [0.05, 0.1) is 20.3 Å². The van der Waals surface area contributed by atoms with Gasteiger partial charge in [-0.05, 0) is 105 Å². The van der Waals surface area contributed by atoms with Crippen molar-refractivity contribution in [3.8, 4) is 0 Å². The van der Waals surface area contributed by atoms with Crippen molar-refractivity contribution in [2.75, 3.05) is 45.9 Å². The standard InChI is InChI=1S/C12H19N3O2.C12H17N3O.C10H14BrN3O.C6H7BrN2O2/c1-9-10(5-8-16)11(13-14(9)2)12(17)15-6-3-4-7-15;1-4-10-9(2)14(3)13-11(10)12(16)15-7-5-6-8-15;1-7-8(11)9(12-13(7)2)10(15)14-5-3-4-6-14;1-3-4(7)5(6(10)11)8-9(3)2/h16H,3-8H2,1-2H3;4H,1,5-8H2,2-3H3;3-6H2,1-2H3;1-2H3,(H,10,11). The van der Waals surface area contributed by atoms with Crippen molar-refractivity contribution in [1.82, 2.24) is 53.8 Å². The number of aryl methyl sites for hydroxylation is 4. The maximum atomic E-state index is 12.3. The van der Waals surface area contributed by atoms with E-state index < -0.39 is 5.97 Å². The van der Waals surface area contributed by atoms with E-state index in [4.69, 9.17) is 10.2 Å². The van der Waals surface area contributed by atoms with Crippen LogP contribution in [0, 0.1) is 27.7 Å². The minimum Gasteiger partial charge on any atom is -0.476 e. The van der Waals surface area contributed by atoms with Gasteiger partial charge in [-0.15, -0.1) is 0 Å². The summed E-state index contributed by atoms with van der Waals surface area (Å²) in [6.07, 6.45) is 8.77. The Morgan fingerprint density at radius 1 is 0.576 bits per heavy atom. The van der Waals surface area contributed by atoms with Gasteiger partial charge in [-0.3, -0.25) is 33.1 Å². The summed E-state index contributed by atoms with van der Waals surface area (Å²) in [5, 5.41) is 34.2. The van der Waals surface area contributed by atoms with Crippen LogP contribution >= 0.6 is 31.9 Å². The van der Waals surface area contributed by atoms with E-state index in [0.717, 1.165) is 116 Å². The molecule has 3 aliphatic heterocycles. The molecule has 2 N–H and O–H groups in total. The fourth-order valence-electron chi connectivity index (χ4n) is 6.91. The van der Waals surface area contributed by atoms with Gasteiger partial charge >= 0.3 is 5.97 Å². The number of aromatic nitrogens is 8. The first kappa shape index (κ1) is 47.1. The number of carbonyl (C=O) groups is 4. The maximum absolute atomic E-state index is 12.3. The van der Waals surface area contributed by atoms with E-state index in [0.29, 0.717) is 28.0 Å². The summed E-state index contributed by atoms with van der Waals surface area (Å²) in [6, 6.07) is 0. The first-order valence-electron chi connectivity index (χ1n) is 19.7. The predicted molar refractivity (Wildman–Crippen MR) is 230 cm³/mol. The zero-order valence-corrected chi connectivity index (χ0v) is 38.6. The van der Waals surface area contributed by atoms with E-state index in [2.05, 4.69) is 58.8 Å². The Hall–Kier alpha value is -4.62. The number of hydrogen-bond donors (Lipinski definition) is 2. The predicted octanol–water partition coefficient (Wildman–Crippen LogP) is 5.02. The Kier molecular flexibility index (Phi) is 16.8. The van der Waals surface area contributed by atoms with Crippen molar-refractivity contribution in [2.45, 2.75) is 72.6 Å². The minimum absolute atomic E-state index is 0.00894. The second-order valence-electron chi connectivity index (χ2n) is 14.7. The van der Waals surface area contributed by atoms with Crippen molar-refractivity contribution >= 4 is 61.6 Å². The molecule has 0 unspecified atom stereocenters. The highest BCUT2D eigenvalue weighted by Gasteiger charge is 2.28. The Balaban J connectivity index is 0.000000176. The van der Waals surface area contributed by atoms with Crippen molar-refractivity contribution in [3.63, 3.8) is 0 Å². The second-order valence-corrected chi connectivity index (χ2v) is 16.3. The average molecular weight is 948 g/mol. The molecule has 3 fully saturated rings. The molecule has 0 radical (unpaired) electrons. The minimum atomic E-state index is -1.01. The third-order valence-corrected chi connectivity index (χ3v) is 12.8. The van der Waals surface area contributed by atoms with Crippen LogP contribution in [-0.4, -0.2) is 134 Å². The summed E-state index contributed by atoms with van der Waals surface area (Å²) >= 11 is 6.56. The van der Waals surface area contributed by atoms with Gasteiger partial charge in [-0.1, -0.05) is 12.7 Å². The molecule has 322 valence electrons. The van der Waals surface area contributed by atoms with Crippen LogP contribution in [0.4, 0.5) is 0 Å². The number of aliphatic hydroxyl groups excluding tert-OH is 1. The van der Waals surface area contributed by atoms with Crippen molar-refractivity contribution in [3.05, 3.63) is 72.2 Å². The molecule has 7 heterocycles. The second kappa shape index (κ2) is 21.1. The van der Waals surface area contributed by atoms with Crippen molar-refractivity contribution in [2.24, 2.45) is 28.2 Å². The van der Waals surface area contributed by atoms with Gasteiger partial charge in [0.1, 0.15) is 0 Å². The molecule has 0 spiro atoms. The fourth-order valence-corrected chi connectivity index (χ4v) is 7.92. The Labute approximate surface area is 362 Å². The maximum Gasteiger partial charge on any atom is 0.357 e. The lowest BCUT2D eigenvalue weighted by atomic mass is 10.1. The van der Waals surface area contributed by atoms with Crippen LogP contribution < -0.4 is 0 Å². The molecule has 0 aromatic carbocycles. The number of carbonyl (C=O) groups excluding carboxylic acids is 3. The first-order chi connectivity index (χ1) is 27.9. The number of aromatic carboxylic acids is 1. The highest BCUT2D eigenvalue weighted by Crippen LogP contribution is 2.24. The molecule has 0 atom stereocenters. The number of rotatable bonds is 7. The molecule has 0 aliphatic carbocycles. The zero-order valence-electron chi connectivity index (χ0n) is 35.4. The molecule has 4 aromatic heterocycles.